The van der Waals surface area contributed by atoms with E-state index in [0.717, 1.165) is 5.56 Å². The van der Waals surface area contributed by atoms with E-state index in [-0.39, 0.29) is 12.0 Å². The zero-order valence-corrected chi connectivity index (χ0v) is 9.48. The SMILES string of the molecule is COC(=O)[C@H](S)[C@H](N)Cc1ccccc1. The minimum Gasteiger partial charge on any atom is -0.468 e. The Balaban J connectivity index is 2.56. The summed E-state index contributed by atoms with van der Waals surface area (Å²) >= 11 is 4.13. The van der Waals surface area contributed by atoms with Gasteiger partial charge in [0.15, 0.2) is 0 Å². The number of carbonyl (C=O) groups is 1. The minimum absolute atomic E-state index is 0.330. The van der Waals surface area contributed by atoms with Gasteiger partial charge in [-0.25, -0.2) is 0 Å². The maximum absolute atomic E-state index is 11.2. The zero-order chi connectivity index (χ0) is 11.3. The van der Waals surface area contributed by atoms with Crippen LogP contribution in [0.4, 0.5) is 0 Å². The van der Waals surface area contributed by atoms with E-state index in [9.17, 15) is 4.79 Å². The van der Waals surface area contributed by atoms with Crippen LogP contribution in [-0.2, 0) is 16.0 Å². The first-order valence-electron chi connectivity index (χ1n) is 4.70. The molecule has 0 amide bonds. The van der Waals surface area contributed by atoms with Gasteiger partial charge in [-0.15, -0.1) is 0 Å². The molecular weight excluding hydrogens is 210 g/mol. The normalized spacial score (nSPS) is 14.3. The summed E-state index contributed by atoms with van der Waals surface area (Å²) in [6, 6.07) is 9.42. The van der Waals surface area contributed by atoms with Crippen LogP contribution in [0.15, 0.2) is 30.3 Å². The molecule has 0 bridgehead atoms. The first-order chi connectivity index (χ1) is 7.15. The van der Waals surface area contributed by atoms with E-state index in [1.165, 1.54) is 7.11 Å². The molecule has 2 N–H and O–H groups in total. The smallest absolute Gasteiger partial charge is 0.320 e. The van der Waals surface area contributed by atoms with Crippen molar-refractivity contribution >= 4 is 18.6 Å². The third-order valence-corrected chi connectivity index (χ3v) is 2.76. The zero-order valence-electron chi connectivity index (χ0n) is 8.59. The van der Waals surface area contributed by atoms with Crippen molar-refractivity contribution in [2.45, 2.75) is 17.7 Å². The lowest BCUT2D eigenvalue weighted by Crippen LogP contribution is -2.39. The van der Waals surface area contributed by atoms with E-state index in [0.29, 0.717) is 6.42 Å². The van der Waals surface area contributed by atoms with Gasteiger partial charge in [-0.05, 0) is 12.0 Å². The minimum atomic E-state index is -0.574. The van der Waals surface area contributed by atoms with Crippen molar-refractivity contribution in [3.8, 4) is 0 Å². The largest absolute Gasteiger partial charge is 0.468 e. The molecule has 1 aromatic carbocycles. The molecule has 15 heavy (non-hydrogen) atoms. The Kier molecular flexibility index (Phi) is 4.65. The molecule has 3 nitrogen and oxygen atoms in total. The first kappa shape index (κ1) is 12.1. The second-order valence-corrected chi connectivity index (χ2v) is 3.88. The predicted octanol–water partition coefficient (Wildman–Crippen LogP) is 1.03. The van der Waals surface area contributed by atoms with Crippen molar-refractivity contribution in [3.63, 3.8) is 0 Å². The van der Waals surface area contributed by atoms with Crippen LogP contribution in [0, 0.1) is 0 Å². The van der Waals surface area contributed by atoms with Crippen LogP contribution in [0.5, 0.6) is 0 Å². The number of rotatable bonds is 4. The van der Waals surface area contributed by atoms with Crippen LogP contribution in [0.1, 0.15) is 5.56 Å². The van der Waals surface area contributed by atoms with E-state index >= 15 is 0 Å². The number of methoxy groups -OCH3 is 1. The van der Waals surface area contributed by atoms with E-state index in [4.69, 9.17) is 5.73 Å². The van der Waals surface area contributed by atoms with Gasteiger partial charge >= 0.3 is 5.97 Å². The number of benzene rings is 1. The monoisotopic (exact) mass is 225 g/mol. The quantitative estimate of drug-likeness (QED) is 0.594. The average Bonchev–Trinajstić information content (AvgIpc) is 2.28. The van der Waals surface area contributed by atoms with Gasteiger partial charge in [0.25, 0.3) is 0 Å². The third-order valence-electron chi connectivity index (χ3n) is 2.16. The highest BCUT2D eigenvalue weighted by Gasteiger charge is 2.22. The summed E-state index contributed by atoms with van der Waals surface area (Å²) in [7, 11) is 1.33. The third kappa shape index (κ3) is 3.57. The van der Waals surface area contributed by atoms with E-state index in [2.05, 4.69) is 17.4 Å². The van der Waals surface area contributed by atoms with Gasteiger partial charge < -0.3 is 10.5 Å². The summed E-state index contributed by atoms with van der Waals surface area (Å²) < 4.78 is 4.58. The molecule has 0 fully saturated rings. The molecule has 0 aliphatic rings. The molecule has 82 valence electrons. The van der Waals surface area contributed by atoms with Crippen molar-refractivity contribution in [2.75, 3.05) is 7.11 Å². The first-order valence-corrected chi connectivity index (χ1v) is 5.22. The fourth-order valence-electron chi connectivity index (χ4n) is 1.29. The van der Waals surface area contributed by atoms with E-state index in [1.807, 2.05) is 30.3 Å². The van der Waals surface area contributed by atoms with Crippen molar-refractivity contribution < 1.29 is 9.53 Å². The van der Waals surface area contributed by atoms with Crippen molar-refractivity contribution in [1.29, 1.82) is 0 Å². The molecule has 0 saturated heterocycles. The highest BCUT2D eigenvalue weighted by molar-refractivity contribution is 7.81. The summed E-state index contributed by atoms with van der Waals surface area (Å²) in [5.74, 6) is -0.387. The lowest BCUT2D eigenvalue weighted by molar-refractivity contribution is -0.140. The maximum atomic E-state index is 11.2. The standard InChI is InChI=1S/C11H15NO2S/c1-14-11(13)10(15)9(12)7-8-5-3-2-4-6-8/h2-6,9-10,15H,7,12H2,1H3/t9-,10-/m1/s1. The fraction of sp³-hybridized carbons (Fsp3) is 0.364. The van der Waals surface area contributed by atoms with Gasteiger partial charge in [-0.2, -0.15) is 12.6 Å². The Labute approximate surface area is 95.0 Å². The summed E-state index contributed by atoms with van der Waals surface area (Å²) in [6.07, 6.45) is 0.615. The Bertz CT molecular complexity index is 316. The molecule has 0 saturated carbocycles. The van der Waals surface area contributed by atoms with Crippen LogP contribution in [0.2, 0.25) is 0 Å². The summed E-state index contributed by atoms with van der Waals surface area (Å²) in [5.41, 5.74) is 6.94. The Hall–Kier alpha value is -1.00. The predicted molar refractivity (Wildman–Crippen MR) is 62.9 cm³/mol. The second kappa shape index (κ2) is 5.78. The molecule has 0 aromatic heterocycles. The summed E-state index contributed by atoms with van der Waals surface area (Å²) in [6.45, 7) is 0. The molecular formula is C11H15NO2S. The Morgan fingerprint density at radius 2 is 2.07 bits per heavy atom. The van der Waals surface area contributed by atoms with Crippen molar-refractivity contribution in [1.82, 2.24) is 0 Å². The summed E-state index contributed by atoms with van der Waals surface area (Å²) in [5, 5.41) is -0.574. The number of thiol groups is 1. The van der Waals surface area contributed by atoms with Crippen molar-refractivity contribution in [3.05, 3.63) is 35.9 Å². The summed E-state index contributed by atoms with van der Waals surface area (Å²) in [4.78, 5) is 11.2. The number of esters is 1. The van der Waals surface area contributed by atoms with Crippen LogP contribution in [0.3, 0.4) is 0 Å². The molecule has 0 radical (unpaired) electrons. The van der Waals surface area contributed by atoms with Crippen LogP contribution in [0.25, 0.3) is 0 Å². The molecule has 4 heteroatoms. The number of ether oxygens (including phenoxy) is 1. The highest BCUT2D eigenvalue weighted by Crippen LogP contribution is 2.09. The van der Waals surface area contributed by atoms with E-state index < -0.39 is 5.25 Å². The number of hydrogen-bond donors (Lipinski definition) is 2. The van der Waals surface area contributed by atoms with Gasteiger partial charge in [0.2, 0.25) is 0 Å². The fourth-order valence-corrected chi connectivity index (χ4v) is 1.50. The number of nitrogens with two attached hydrogens (primary N) is 1. The average molecular weight is 225 g/mol. The molecule has 1 rings (SSSR count). The molecule has 0 unspecified atom stereocenters. The molecule has 0 aliphatic heterocycles. The van der Waals surface area contributed by atoms with Crippen LogP contribution in [-0.4, -0.2) is 24.4 Å². The molecule has 0 aliphatic carbocycles. The van der Waals surface area contributed by atoms with Gasteiger partial charge in [-0.3, -0.25) is 4.79 Å². The molecule has 2 atom stereocenters. The van der Waals surface area contributed by atoms with Crippen LogP contribution < -0.4 is 5.73 Å². The molecule has 1 aromatic rings. The van der Waals surface area contributed by atoms with Crippen LogP contribution >= 0.6 is 12.6 Å². The van der Waals surface area contributed by atoms with Gasteiger partial charge in [-0.1, -0.05) is 30.3 Å². The second-order valence-electron chi connectivity index (χ2n) is 3.32. The van der Waals surface area contributed by atoms with Crippen molar-refractivity contribution in [2.24, 2.45) is 5.73 Å². The van der Waals surface area contributed by atoms with Gasteiger partial charge in [0, 0.05) is 6.04 Å². The lowest BCUT2D eigenvalue weighted by atomic mass is 10.0. The lowest BCUT2D eigenvalue weighted by Gasteiger charge is -2.16. The number of carbonyl (C=O) groups excluding carboxylic acids is 1. The molecule has 0 heterocycles. The maximum Gasteiger partial charge on any atom is 0.320 e. The highest BCUT2D eigenvalue weighted by atomic mass is 32.1. The molecule has 0 spiro atoms. The topological polar surface area (TPSA) is 52.3 Å². The Morgan fingerprint density at radius 3 is 2.60 bits per heavy atom. The van der Waals surface area contributed by atoms with Gasteiger partial charge in [0.05, 0.1) is 7.11 Å². The Morgan fingerprint density at radius 1 is 1.47 bits per heavy atom. The number of hydrogen-bond acceptors (Lipinski definition) is 4. The van der Waals surface area contributed by atoms with E-state index in [1.54, 1.807) is 0 Å². The van der Waals surface area contributed by atoms with Gasteiger partial charge in [0.1, 0.15) is 5.25 Å².